The minimum absolute atomic E-state index is 0.178. The maximum atomic E-state index is 11.8. The Bertz CT molecular complexity index is 562. The third kappa shape index (κ3) is 2.87. The minimum atomic E-state index is -0.178. The van der Waals surface area contributed by atoms with Crippen molar-refractivity contribution >= 4 is 17.5 Å². The van der Waals surface area contributed by atoms with Gasteiger partial charge in [-0.2, -0.15) is 5.10 Å². The molecule has 2 aromatic rings. The summed E-state index contributed by atoms with van der Waals surface area (Å²) in [5, 5.41) is 7.39. The second-order valence-corrected chi connectivity index (χ2v) is 4.35. The molecule has 0 radical (unpaired) electrons. The number of rotatable bonds is 3. The first-order valence-electron chi connectivity index (χ1n) is 5.45. The van der Waals surface area contributed by atoms with E-state index in [1.807, 2.05) is 20.2 Å². The van der Waals surface area contributed by atoms with Crippen LogP contribution in [0.15, 0.2) is 24.5 Å². The molecular formula is C12H13ClN4O. The Hall–Kier alpha value is -1.88. The fourth-order valence-electron chi connectivity index (χ4n) is 1.61. The van der Waals surface area contributed by atoms with Crippen molar-refractivity contribution in [2.75, 3.05) is 0 Å². The summed E-state index contributed by atoms with van der Waals surface area (Å²) in [4.78, 5) is 15.7. The lowest BCUT2D eigenvalue weighted by molar-refractivity contribution is 0.0950. The Morgan fingerprint density at radius 2 is 2.28 bits per heavy atom. The predicted octanol–water partition coefficient (Wildman–Crippen LogP) is 1.71. The molecule has 18 heavy (non-hydrogen) atoms. The van der Waals surface area contributed by atoms with E-state index in [1.54, 1.807) is 16.8 Å². The molecule has 2 heterocycles. The normalized spacial score (nSPS) is 10.4. The summed E-state index contributed by atoms with van der Waals surface area (Å²) in [6.07, 6.45) is 3.34. The highest BCUT2D eigenvalue weighted by Gasteiger charge is 2.08. The average Bonchev–Trinajstić information content (AvgIpc) is 2.66. The van der Waals surface area contributed by atoms with Crippen LogP contribution in [0.25, 0.3) is 0 Å². The van der Waals surface area contributed by atoms with Crippen LogP contribution in [0, 0.1) is 6.92 Å². The molecule has 0 bridgehead atoms. The maximum Gasteiger partial charge on any atom is 0.253 e. The molecule has 0 aliphatic heterocycles. The van der Waals surface area contributed by atoms with Gasteiger partial charge in [-0.15, -0.1) is 0 Å². The number of amides is 1. The molecule has 6 heteroatoms. The van der Waals surface area contributed by atoms with Gasteiger partial charge in [-0.25, -0.2) is 4.98 Å². The molecule has 2 rings (SSSR count). The van der Waals surface area contributed by atoms with Crippen molar-refractivity contribution < 1.29 is 4.79 Å². The Labute approximate surface area is 110 Å². The molecular weight excluding hydrogens is 252 g/mol. The zero-order chi connectivity index (χ0) is 13.1. The number of nitrogens with zero attached hydrogens (tertiary/aromatic N) is 3. The van der Waals surface area contributed by atoms with Gasteiger partial charge in [0.25, 0.3) is 5.91 Å². The van der Waals surface area contributed by atoms with Crippen molar-refractivity contribution in [2.24, 2.45) is 7.05 Å². The number of hydrogen-bond donors (Lipinski definition) is 1. The summed E-state index contributed by atoms with van der Waals surface area (Å²) >= 11 is 5.66. The van der Waals surface area contributed by atoms with Crippen LogP contribution in [0.1, 0.15) is 21.6 Å². The summed E-state index contributed by atoms with van der Waals surface area (Å²) in [5.41, 5.74) is 2.39. The highest BCUT2D eigenvalue weighted by atomic mass is 35.5. The summed E-state index contributed by atoms with van der Waals surface area (Å²) < 4.78 is 1.72. The van der Waals surface area contributed by atoms with E-state index in [1.165, 1.54) is 6.20 Å². The lowest BCUT2D eigenvalue weighted by Crippen LogP contribution is -2.23. The number of carbonyl (C=O) groups excluding carboxylic acids is 1. The molecule has 0 saturated heterocycles. The lowest BCUT2D eigenvalue weighted by atomic mass is 10.2. The number of hydrogen-bond acceptors (Lipinski definition) is 3. The highest BCUT2D eigenvalue weighted by molar-refractivity contribution is 6.29. The summed E-state index contributed by atoms with van der Waals surface area (Å²) in [7, 11) is 1.85. The zero-order valence-electron chi connectivity index (χ0n) is 10.1. The first-order valence-corrected chi connectivity index (χ1v) is 5.83. The number of nitrogens with one attached hydrogen (secondary N) is 1. The van der Waals surface area contributed by atoms with E-state index >= 15 is 0 Å². The van der Waals surface area contributed by atoms with Crippen LogP contribution in [0.3, 0.4) is 0 Å². The average molecular weight is 265 g/mol. The number of carbonyl (C=O) groups is 1. The van der Waals surface area contributed by atoms with Gasteiger partial charge in [-0.05, 0) is 19.1 Å². The van der Waals surface area contributed by atoms with Gasteiger partial charge in [-0.1, -0.05) is 11.6 Å². The van der Waals surface area contributed by atoms with Crippen LogP contribution in [-0.4, -0.2) is 20.7 Å². The van der Waals surface area contributed by atoms with Crippen molar-refractivity contribution in [3.63, 3.8) is 0 Å². The Morgan fingerprint density at radius 3 is 2.83 bits per heavy atom. The van der Waals surface area contributed by atoms with E-state index in [2.05, 4.69) is 15.4 Å². The van der Waals surface area contributed by atoms with E-state index in [9.17, 15) is 4.79 Å². The second-order valence-electron chi connectivity index (χ2n) is 3.97. The van der Waals surface area contributed by atoms with Crippen LogP contribution in [0.4, 0.5) is 0 Å². The van der Waals surface area contributed by atoms with Crippen LogP contribution < -0.4 is 5.32 Å². The van der Waals surface area contributed by atoms with Crippen LogP contribution in [0.5, 0.6) is 0 Å². The molecule has 1 N–H and O–H groups in total. The quantitative estimate of drug-likeness (QED) is 0.859. The fourth-order valence-corrected chi connectivity index (χ4v) is 1.72. The summed E-state index contributed by atoms with van der Waals surface area (Å²) in [5.74, 6) is -0.178. The van der Waals surface area contributed by atoms with Gasteiger partial charge in [0.2, 0.25) is 0 Å². The molecule has 0 aromatic carbocycles. The number of aryl methyl sites for hydroxylation is 2. The molecule has 0 fully saturated rings. The first-order chi connectivity index (χ1) is 8.56. The molecule has 0 aliphatic rings. The maximum absolute atomic E-state index is 11.8. The van der Waals surface area contributed by atoms with Gasteiger partial charge in [-0.3, -0.25) is 9.48 Å². The van der Waals surface area contributed by atoms with Gasteiger partial charge in [0.15, 0.2) is 0 Å². The molecule has 0 unspecified atom stereocenters. The number of aromatic nitrogens is 3. The molecule has 0 atom stereocenters. The van der Waals surface area contributed by atoms with Gasteiger partial charge in [0, 0.05) is 31.5 Å². The lowest BCUT2D eigenvalue weighted by Gasteiger charge is -2.03. The molecule has 1 amide bonds. The van der Waals surface area contributed by atoms with Crippen molar-refractivity contribution in [1.29, 1.82) is 0 Å². The Balaban J connectivity index is 2.00. The molecule has 94 valence electrons. The van der Waals surface area contributed by atoms with Gasteiger partial charge in [0.1, 0.15) is 5.15 Å². The highest BCUT2D eigenvalue weighted by Crippen LogP contribution is 2.07. The number of halogens is 1. The van der Waals surface area contributed by atoms with Crippen LogP contribution >= 0.6 is 11.6 Å². The van der Waals surface area contributed by atoms with Crippen LogP contribution in [-0.2, 0) is 13.6 Å². The predicted molar refractivity (Wildman–Crippen MR) is 68.4 cm³/mol. The molecule has 0 saturated carbocycles. The monoisotopic (exact) mass is 264 g/mol. The minimum Gasteiger partial charge on any atom is -0.348 e. The molecule has 0 spiro atoms. The smallest absolute Gasteiger partial charge is 0.253 e. The third-order valence-corrected chi connectivity index (χ3v) is 2.77. The van der Waals surface area contributed by atoms with Gasteiger partial charge >= 0.3 is 0 Å². The second kappa shape index (κ2) is 5.18. The Kier molecular flexibility index (Phi) is 3.62. The standard InChI is InChI=1S/C12H13ClN4O/c1-8-10(7-17(2)16-8)6-15-12(18)9-3-4-11(13)14-5-9/h3-5,7H,6H2,1-2H3,(H,15,18). The third-order valence-electron chi connectivity index (χ3n) is 2.54. The van der Waals surface area contributed by atoms with E-state index in [4.69, 9.17) is 11.6 Å². The van der Waals surface area contributed by atoms with E-state index < -0.39 is 0 Å². The topological polar surface area (TPSA) is 59.8 Å². The summed E-state index contributed by atoms with van der Waals surface area (Å²) in [6, 6.07) is 3.23. The van der Waals surface area contributed by atoms with Crippen molar-refractivity contribution in [2.45, 2.75) is 13.5 Å². The van der Waals surface area contributed by atoms with Gasteiger partial charge in [0.05, 0.1) is 11.3 Å². The molecule has 2 aromatic heterocycles. The van der Waals surface area contributed by atoms with Crippen molar-refractivity contribution in [3.05, 3.63) is 46.5 Å². The number of pyridine rings is 1. The van der Waals surface area contributed by atoms with Crippen LogP contribution in [0.2, 0.25) is 5.15 Å². The van der Waals surface area contributed by atoms with Crippen molar-refractivity contribution in [1.82, 2.24) is 20.1 Å². The SMILES string of the molecule is Cc1nn(C)cc1CNC(=O)c1ccc(Cl)nc1. The van der Waals surface area contributed by atoms with E-state index in [0.717, 1.165) is 11.3 Å². The fraction of sp³-hybridized carbons (Fsp3) is 0.250. The van der Waals surface area contributed by atoms with Gasteiger partial charge < -0.3 is 5.32 Å². The van der Waals surface area contributed by atoms with E-state index in [-0.39, 0.29) is 5.91 Å². The van der Waals surface area contributed by atoms with E-state index in [0.29, 0.717) is 17.3 Å². The zero-order valence-corrected chi connectivity index (χ0v) is 10.9. The largest absolute Gasteiger partial charge is 0.348 e. The molecule has 0 aliphatic carbocycles. The first kappa shape index (κ1) is 12.6. The Morgan fingerprint density at radius 1 is 1.50 bits per heavy atom. The summed E-state index contributed by atoms with van der Waals surface area (Å²) in [6.45, 7) is 2.35. The molecule has 5 nitrogen and oxygen atoms in total. The van der Waals surface area contributed by atoms with Crippen molar-refractivity contribution in [3.8, 4) is 0 Å².